The second-order valence-corrected chi connectivity index (χ2v) is 7.43. The molecule has 0 aromatic heterocycles. The molecule has 6 nitrogen and oxygen atoms in total. The van der Waals surface area contributed by atoms with Crippen LogP contribution in [0.1, 0.15) is 24.5 Å². The highest BCUT2D eigenvalue weighted by atomic mass is 16.2. The van der Waals surface area contributed by atoms with Gasteiger partial charge in [-0.15, -0.1) is 0 Å². The SMILES string of the molecule is CC(=O)N1CCCN(Cc2ccccc2)CCN(C(=O)CN)Cc2ccccc21. The molecule has 154 valence electrons. The number of hydrogen-bond acceptors (Lipinski definition) is 4. The molecule has 2 aromatic rings. The van der Waals surface area contributed by atoms with Gasteiger partial charge in [0.25, 0.3) is 0 Å². The highest BCUT2D eigenvalue weighted by molar-refractivity contribution is 5.92. The van der Waals surface area contributed by atoms with Gasteiger partial charge >= 0.3 is 0 Å². The first-order chi connectivity index (χ1) is 14.1. The number of carbonyl (C=O) groups excluding carboxylic acids is 2. The minimum atomic E-state index is -0.0758. The Labute approximate surface area is 172 Å². The van der Waals surface area contributed by atoms with Gasteiger partial charge in [-0.05, 0) is 23.6 Å². The smallest absolute Gasteiger partial charge is 0.236 e. The second-order valence-electron chi connectivity index (χ2n) is 7.43. The first kappa shape index (κ1) is 21.0. The molecule has 0 radical (unpaired) electrons. The number of fused-ring (bicyclic) bond motifs is 1. The molecule has 1 aliphatic rings. The highest BCUT2D eigenvalue weighted by Gasteiger charge is 2.21. The van der Waals surface area contributed by atoms with Crippen LogP contribution in [0, 0.1) is 0 Å². The lowest BCUT2D eigenvalue weighted by Crippen LogP contribution is -2.41. The van der Waals surface area contributed by atoms with Crippen molar-refractivity contribution in [2.24, 2.45) is 5.73 Å². The lowest BCUT2D eigenvalue weighted by atomic mass is 10.1. The largest absolute Gasteiger partial charge is 0.336 e. The second kappa shape index (κ2) is 10.2. The zero-order chi connectivity index (χ0) is 20.6. The number of nitrogens with two attached hydrogens (primary N) is 1. The molecule has 3 rings (SSSR count). The van der Waals surface area contributed by atoms with Crippen molar-refractivity contribution < 1.29 is 9.59 Å². The van der Waals surface area contributed by atoms with Crippen LogP contribution in [0.4, 0.5) is 5.69 Å². The lowest BCUT2D eigenvalue weighted by molar-refractivity contribution is -0.130. The van der Waals surface area contributed by atoms with E-state index in [2.05, 4.69) is 17.0 Å². The van der Waals surface area contributed by atoms with Crippen molar-refractivity contribution in [1.29, 1.82) is 0 Å². The minimum absolute atomic E-state index is 0.0166. The summed E-state index contributed by atoms with van der Waals surface area (Å²) in [6, 6.07) is 18.2. The molecule has 0 saturated heterocycles. The fraction of sp³-hybridized carbons (Fsp3) is 0.391. The molecule has 0 fully saturated rings. The van der Waals surface area contributed by atoms with E-state index < -0.39 is 0 Å². The summed E-state index contributed by atoms with van der Waals surface area (Å²) in [7, 11) is 0. The fourth-order valence-electron chi connectivity index (χ4n) is 3.81. The van der Waals surface area contributed by atoms with Gasteiger partial charge in [0, 0.05) is 51.9 Å². The number of rotatable bonds is 3. The van der Waals surface area contributed by atoms with E-state index in [1.807, 2.05) is 47.4 Å². The summed E-state index contributed by atoms with van der Waals surface area (Å²) < 4.78 is 0. The van der Waals surface area contributed by atoms with Crippen LogP contribution in [0.2, 0.25) is 0 Å². The zero-order valence-corrected chi connectivity index (χ0v) is 17.1. The Hall–Kier alpha value is -2.70. The van der Waals surface area contributed by atoms with E-state index in [4.69, 9.17) is 5.73 Å². The number of benzene rings is 2. The van der Waals surface area contributed by atoms with Crippen LogP contribution in [0.25, 0.3) is 0 Å². The lowest BCUT2D eigenvalue weighted by Gasteiger charge is -2.27. The van der Waals surface area contributed by atoms with Gasteiger partial charge in [0.05, 0.1) is 6.54 Å². The summed E-state index contributed by atoms with van der Waals surface area (Å²) in [5.74, 6) is -0.0592. The van der Waals surface area contributed by atoms with Crippen LogP contribution in [-0.4, -0.2) is 54.3 Å². The van der Waals surface area contributed by atoms with Crippen LogP contribution >= 0.6 is 0 Å². The van der Waals surface area contributed by atoms with Gasteiger partial charge in [-0.2, -0.15) is 0 Å². The molecule has 6 heteroatoms. The maximum absolute atomic E-state index is 12.5. The maximum atomic E-state index is 12.5. The van der Waals surface area contributed by atoms with E-state index in [1.54, 1.807) is 11.8 Å². The Kier molecular flexibility index (Phi) is 7.38. The third-order valence-corrected chi connectivity index (χ3v) is 5.34. The predicted octanol–water partition coefficient (Wildman–Crippen LogP) is 2.23. The number of anilines is 1. The van der Waals surface area contributed by atoms with Gasteiger partial charge in [-0.3, -0.25) is 14.5 Å². The molecule has 29 heavy (non-hydrogen) atoms. The van der Waals surface area contributed by atoms with Crippen molar-refractivity contribution in [2.75, 3.05) is 37.6 Å². The molecule has 0 saturated carbocycles. The Balaban J connectivity index is 1.87. The third kappa shape index (κ3) is 5.65. The minimum Gasteiger partial charge on any atom is -0.336 e. The standard InChI is InChI=1S/C23H30N4O2/c1-19(28)27-13-7-12-25(17-20-8-3-2-4-9-20)14-15-26(23(29)16-24)18-21-10-5-6-11-22(21)27/h2-6,8-11H,7,12-18,24H2,1H3. The van der Waals surface area contributed by atoms with E-state index in [1.165, 1.54) is 5.56 Å². The number of hydrogen-bond donors (Lipinski definition) is 1. The molecular weight excluding hydrogens is 364 g/mol. The average molecular weight is 395 g/mol. The van der Waals surface area contributed by atoms with Gasteiger partial charge in [0.15, 0.2) is 0 Å². The van der Waals surface area contributed by atoms with Gasteiger partial charge in [0.1, 0.15) is 0 Å². The molecule has 0 unspecified atom stereocenters. The van der Waals surface area contributed by atoms with Crippen LogP contribution in [0.3, 0.4) is 0 Å². The van der Waals surface area contributed by atoms with Crippen molar-refractivity contribution in [3.63, 3.8) is 0 Å². The first-order valence-electron chi connectivity index (χ1n) is 10.2. The molecule has 1 aliphatic heterocycles. The summed E-state index contributed by atoms with van der Waals surface area (Å²) in [4.78, 5) is 30.9. The molecule has 0 bridgehead atoms. The average Bonchev–Trinajstić information content (AvgIpc) is 2.77. The molecule has 1 heterocycles. The Morgan fingerprint density at radius 2 is 1.66 bits per heavy atom. The van der Waals surface area contributed by atoms with Gasteiger partial charge < -0.3 is 15.5 Å². The normalized spacial score (nSPS) is 16.1. The summed E-state index contributed by atoms with van der Waals surface area (Å²) >= 11 is 0. The Morgan fingerprint density at radius 3 is 2.38 bits per heavy atom. The van der Waals surface area contributed by atoms with Crippen molar-refractivity contribution >= 4 is 17.5 Å². The van der Waals surface area contributed by atoms with Crippen molar-refractivity contribution in [3.8, 4) is 0 Å². The molecule has 0 spiro atoms. The molecule has 2 amide bonds. The van der Waals surface area contributed by atoms with Gasteiger partial charge in [-0.25, -0.2) is 0 Å². The van der Waals surface area contributed by atoms with Crippen LogP contribution < -0.4 is 10.6 Å². The van der Waals surface area contributed by atoms with Crippen molar-refractivity contribution in [1.82, 2.24) is 9.80 Å². The summed E-state index contributed by atoms with van der Waals surface area (Å²) in [5.41, 5.74) is 8.77. The monoisotopic (exact) mass is 394 g/mol. The third-order valence-electron chi connectivity index (χ3n) is 5.34. The van der Waals surface area contributed by atoms with Gasteiger partial charge in [-0.1, -0.05) is 48.5 Å². The highest BCUT2D eigenvalue weighted by Crippen LogP contribution is 2.23. The quantitative estimate of drug-likeness (QED) is 0.867. The van der Waals surface area contributed by atoms with Crippen LogP contribution in [-0.2, 0) is 22.7 Å². The van der Waals surface area contributed by atoms with Crippen molar-refractivity contribution in [2.45, 2.75) is 26.4 Å². The molecule has 2 aromatic carbocycles. The van der Waals surface area contributed by atoms with E-state index in [-0.39, 0.29) is 18.4 Å². The first-order valence-corrected chi connectivity index (χ1v) is 10.2. The molecule has 0 aliphatic carbocycles. The fourth-order valence-corrected chi connectivity index (χ4v) is 3.81. The van der Waals surface area contributed by atoms with Crippen molar-refractivity contribution in [3.05, 3.63) is 65.7 Å². The summed E-state index contributed by atoms with van der Waals surface area (Å²) in [6.07, 6.45) is 0.867. The van der Waals surface area contributed by atoms with E-state index in [9.17, 15) is 9.59 Å². The molecule has 0 atom stereocenters. The van der Waals surface area contributed by atoms with Crippen LogP contribution in [0.15, 0.2) is 54.6 Å². The number of amides is 2. The van der Waals surface area contributed by atoms with Gasteiger partial charge in [0.2, 0.25) is 11.8 Å². The Bertz CT molecular complexity index is 825. The topological polar surface area (TPSA) is 69.9 Å². The number of carbonyl (C=O) groups is 2. The van der Waals surface area contributed by atoms with E-state index in [0.717, 1.165) is 37.3 Å². The Morgan fingerprint density at radius 1 is 0.931 bits per heavy atom. The number of para-hydroxylation sites is 1. The van der Waals surface area contributed by atoms with E-state index in [0.29, 0.717) is 19.6 Å². The zero-order valence-electron chi connectivity index (χ0n) is 17.1. The van der Waals surface area contributed by atoms with E-state index >= 15 is 0 Å². The predicted molar refractivity (Wildman–Crippen MR) is 115 cm³/mol. The summed E-state index contributed by atoms with van der Waals surface area (Å²) in [5, 5.41) is 0. The number of nitrogens with zero attached hydrogens (tertiary/aromatic N) is 3. The molecule has 2 N–H and O–H groups in total. The van der Waals surface area contributed by atoms with Crippen LogP contribution in [0.5, 0.6) is 0 Å². The molecular formula is C23H30N4O2. The summed E-state index contributed by atoms with van der Waals surface area (Å²) in [6.45, 7) is 5.74. The maximum Gasteiger partial charge on any atom is 0.236 e.